The first-order chi connectivity index (χ1) is 6.79. The molecule has 0 bridgehead atoms. The van der Waals surface area contributed by atoms with E-state index in [2.05, 4.69) is 12.6 Å². The van der Waals surface area contributed by atoms with Crippen molar-refractivity contribution in [2.75, 3.05) is 0 Å². The van der Waals surface area contributed by atoms with Crippen LogP contribution in [0.5, 0.6) is 0 Å². The molecule has 1 aromatic carbocycles. The van der Waals surface area contributed by atoms with E-state index >= 15 is 0 Å². The number of rotatable bonds is 2. The molecule has 15 heavy (non-hydrogen) atoms. The lowest BCUT2D eigenvalue weighted by Crippen LogP contribution is -2.07. The minimum Gasteiger partial charge on any atom is -0.236 e. The van der Waals surface area contributed by atoms with Crippen LogP contribution in [-0.4, -0.2) is 5.50 Å². The maximum absolute atomic E-state index is 12.5. The van der Waals surface area contributed by atoms with Crippen LogP contribution in [0.25, 0.3) is 0 Å². The van der Waals surface area contributed by atoms with Crippen molar-refractivity contribution < 1.29 is 17.6 Å². The first-order valence-electron chi connectivity index (χ1n) is 4.29. The second-order valence-corrected chi connectivity index (χ2v) is 3.90. The standard InChI is InChI=1S/C10H10F4S/c1-6-2-7(5-9(11)15)4-8(3-6)10(12,13)14/h2-4,9,15H,5H2,1H3. The maximum atomic E-state index is 12.5. The Bertz CT molecular complexity index is 344. The molecule has 0 fully saturated rings. The van der Waals surface area contributed by atoms with E-state index in [1.54, 1.807) is 6.92 Å². The van der Waals surface area contributed by atoms with Crippen LogP contribution in [0.2, 0.25) is 0 Å². The van der Waals surface area contributed by atoms with E-state index in [9.17, 15) is 17.6 Å². The molecule has 1 unspecified atom stereocenters. The van der Waals surface area contributed by atoms with Crippen molar-refractivity contribution in [3.63, 3.8) is 0 Å². The van der Waals surface area contributed by atoms with E-state index in [4.69, 9.17) is 0 Å². The van der Waals surface area contributed by atoms with Gasteiger partial charge in [-0.3, -0.25) is 0 Å². The topological polar surface area (TPSA) is 0 Å². The van der Waals surface area contributed by atoms with Gasteiger partial charge in [0.05, 0.1) is 5.56 Å². The van der Waals surface area contributed by atoms with Crippen LogP contribution in [0, 0.1) is 6.92 Å². The van der Waals surface area contributed by atoms with Gasteiger partial charge in [0.2, 0.25) is 0 Å². The Morgan fingerprint density at radius 2 is 1.87 bits per heavy atom. The Balaban J connectivity index is 3.06. The summed E-state index contributed by atoms with van der Waals surface area (Å²) in [5.41, 5.74) is -1.40. The van der Waals surface area contributed by atoms with Gasteiger partial charge in [0.25, 0.3) is 0 Å². The highest BCUT2D eigenvalue weighted by Gasteiger charge is 2.30. The summed E-state index contributed by atoms with van der Waals surface area (Å²) >= 11 is 3.50. The molecule has 0 aliphatic rings. The molecular formula is C10H10F4S. The van der Waals surface area contributed by atoms with E-state index in [0.717, 1.165) is 12.1 Å². The number of hydrogen-bond acceptors (Lipinski definition) is 1. The van der Waals surface area contributed by atoms with E-state index in [1.807, 2.05) is 0 Å². The molecule has 0 spiro atoms. The summed E-state index contributed by atoms with van der Waals surface area (Å²) in [4.78, 5) is 0. The van der Waals surface area contributed by atoms with Crippen LogP contribution in [0.15, 0.2) is 18.2 Å². The maximum Gasteiger partial charge on any atom is 0.416 e. The fourth-order valence-corrected chi connectivity index (χ4v) is 1.55. The molecule has 0 N–H and O–H groups in total. The molecule has 0 amide bonds. The molecular weight excluding hydrogens is 228 g/mol. The van der Waals surface area contributed by atoms with E-state index in [1.165, 1.54) is 6.07 Å². The van der Waals surface area contributed by atoms with Gasteiger partial charge in [0.15, 0.2) is 0 Å². The zero-order chi connectivity index (χ0) is 11.6. The van der Waals surface area contributed by atoms with E-state index in [-0.39, 0.29) is 6.42 Å². The Kier molecular flexibility index (Phi) is 3.65. The van der Waals surface area contributed by atoms with Crippen molar-refractivity contribution in [1.82, 2.24) is 0 Å². The summed E-state index contributed by atoms with van der Waals surface area (Å²) in [6, 6.07) is 3.52. The van der Waals surface area contributed by atoms with Gasteiger partial charge in [-0.25, -0.2) is 4.39 Å². The largest absolute Gasteiger partial charge is 0.416 e. The Morgan fingerprint density at radius 3 is 2.33 bits per heavy atom. The van der Waals surface area contributed by atoms with Crippen LogP contribution < -0.4 is 0 Å². The van der Waals surface area contributed by atoms with Crippen LogP contribution in [0.4, 0.5) is 17.6 Å². The second-order valence-electron chi connectivity index (χ2n) is 3.34. The molecule has 1 rings (SSSR count). The lowest BCUT2D eigenvalue weighted by molar-refractivity contribution is -0.137. The van der Waals surface area contributed by atoms with E-state index < -0.39 is 17.2 Å². The zero-order valence-corrected chi connectivity index (χ0v) is 8.87. The quantitative estimate of drug-likeness (QED) is 0.588. The molecule has 5 heteroatoms. The summed E-state index contributed by atoms with van der Waals surface area (Å²) in [6.45, 7) is 1.55. The average Bonchev–Trinajstić information content (AvgIpc) is 1.99. The summed E-state index contributed by atoms with van der Waals surface area (Å²) in [5.74, 6) is 0. The number of halogens is 4. The van der Waals surface area contributed by atoms with Crippen molar-refractivity contribution in [1.29, 1.82) is 0 Å². The molecule has 0 heterocycles. The smallest absolute Gasteiger partial charge is 0.236 e. The monoisotopic (exact) mass is 238 g/mol. The SMILES string of the molecule is Cc1cc(CC(F)S)cc(C(F)(F)F)c1. The Hall–Kier alpha value is -0.710. The third-order valence-electron chi connectivity index (χ3n) is 1.87. The molecule has 0 radical (unpaired) electrons. The molecule has 0 aromatic heterocycles. The summed E-state index contributed by atoms with van der Waals surface area (Å²) in [6.07, 6.45) is -4.50. The Morgan fingerprint density at radius 1 is 1.27 bits per heavy atom. The first-order valence-corrected chi connectivity index (χ1v) is 4.80. The van der Waals surface area contributed by atoms with Gasteiger partial charge in [0.1, 0.15) is 5.50 Å². The van der Waals surface area contributed by atoms with Gasteiger partial charge in [-0.2, -0.15) is 13.2 Å². The summed E-state index contributed by atoms with van der Waals surface area (Å²) in [5, 5.41) is 0. The highest BCUT2D eigenvalue weighted by Crippen LogP contribution is 2.31. The molecule has 1 aromatic rings. The van der Waals surface area contributed by atoms with Crippen molar-refractivity contribution in [2.24, 2.45) is 0 Å². The van der Waals surface area contributed by atoms with Crippen molar-refractivity contribution in [3.05, 3.63) is 34.9 Å². The number of alkyl halides is 4. The van der Waals surface area contributed by atoms with Crippen molar-refractivity contribution in [2.45, 2.75) is 25.0 Å². The number of thiol groups is 1. The van der Waals surface area contributed by atoms with Gasteiger partial charge >= 0.3 is 6.18 Å². The Labute approximate surface area is 90.7 Å². The second kappa shape index (κ2) is 4.43. The summed E-state index contributed by atoms with van der Waals surface area (Å²) < 4.78 is 49.6. The van der Waals surface area contributed by atoms with Gasteiger partial charge in [-0.05, 0) is 24.6 Å². The molecule has 0 aliphatic carbocycles. The average molecular weight is 238 g/mol. The minimum atomic E-state index is -4.39. The van der Waals surface area contributed by atoms with Gasteiger partial charge in [-0.15, -0.1) is 12.6 Å². The van der Waals surface area contributed by atoms with Gasteiger partial charge in [0, 0.05) is 6.42 Å². The predicted molar refractivity (Wildman–Crippen MR) is 53.8 cm³/mol. The molecule has 0 nitrogen and oxygen atoms in total. The zero-order valence-electron chi connectivity index (χ0n) is 7.98. The fourth-order valence-electron chi connectivity index (χ4n) is 1.34. The highest BCUT2D eigenvalue weighted by molar-refractivity contribution is 7.80. The molecule has 0 saturated heterocycles. The highest BCUT2D eigenvalue weighted by atomic mass is 32.1. The lowest BCUT2D eigenvalue weighted by atomic mass is 10.0. The first kappa shape index (κ1) is 12.4. The van der Waals surface area contributed by atoms with Crippen LogP contribution in [0.1, 0.15) is 16.7 Å². The molecule has 84 valence electrons. The third kappa shape index (κ3) is 3.74. The van der Waals surface area contributed by atoms with Gasteiger partial charge in [-0.1, -0.05) is 11.6 Å². The van der Waals surface area contributed by atoms with Gasteiger partial charge < -0.3 is 0 Å². The fraction of sp³-hybridized carbons (Fsp3) is 0.400. The number of hydrogen-bond donors (Lipinski definition) is 1. The molecule has 0 aliphatic heterocycles. The normalized spacial score (nSPS) is 14.0. The van der Waals surface area contributed by atoms with Crippen molar-refractivity contribution >= 4 is 12.6 Å². The number of aryl methyl sites for hydroxylation is 1. The van der Waals surface area contributed by atoms with Crippen LogP contribution in [0.3, 0.4) is 0 Å². The lowest BCUT2D eigenvalue weighted by Gasteiger charge is -2.10. The number of benzene rings is 1. The molecule has 1 atom stereocenters. The predicted octanol–water partition coefficient (Wildman–Crippen LogP) is 3.78. The molecule has 0 saturated carbocycles. The third-order valence-corrected chi connectivity index (χ3v) is 2.05. The van der Waals surface area contributed by atoms with E-state index in [0.29, 0.717) is 11.1 Å². The van der Waals surface area contributed by atoms with Crippen LogP contribution in [-0.2, 0) is 12.6 Å². The summed E-state index contributed by atoms with van der Waals surface area (Å²) in [7, 11) is 0. The van der Waals surface area contributed by atoms with Crippen LogP contribution >= 0.6 is 12.6 Å². The van der Waals surface area contributed by atoms with Crippen molar-refractivity contribution in [3.8, 4) is 0 Å². The minimum absolute atomic E-state index is 0.117.